The molecule has 2 aliphatic heterocycles. The van der Waals surface area contributed by atoms with E-state index in [0.717, 1.165) is 80.4 Å². The number of hydrogen-bond donors (Lipinski definition) is 3. The van der Waals surface area contributed by atoms with Crippen LogP contribution in [0.1, 0.15) is 25.7 Å². The topological polar surface area (TPSA) is 97.9 Å². The summed E-state index contributed by atoms with van der Waals surface area (Å²) in [6.45, 7) is 3.91. The Morgan fingerprint density at radius 3 is 1.97 bits per heavy atom. The predicted molar refractivity (Wildman–Crippen MR) is 122 cm³/mol. The summed E-state index contributed by atoms with van der Waals surface area (Å²) in [6.07, 6.45) is 4.63. The molecule has 160 valence electrons. The first-order valence-electron chi connectivity index (χ1n) is 10.2. The third kappa shape index (κ3) is 3.30. The molecule has 0 radical (unpaired) electrons. The third-order valence-corrected chi connectivity index (χ3v) is 6.01. The minimum Gasteiger partial charge on any atom is -0.504 e. The molecule has 8 nitrogen and oxygen atoms in total. The second-order valence-corrected chi connectivity index (χ2v) is 7.92. The van der Waals surface area contributed by atoms with Crippen LogP contribution in [0.2, 0.25) is 0 Å². The summed E-state index contributed by atoms with van der Waals surface area (Å²) >= 11 is 0. The zero-order valence-corrected chi connectivity index (χ0v) is 18.6. The van der Waals surface area contributed by atoms with E-state index in [0.29, 0.717) is 5.56 Å². The van der Waals surface area contributed by atoms with Crippen LogP contribution in [0.4, 0.5) is 11.8 Å². The van der Waals surface area contributed by atoms with Crippen molar-refractivity contribution < 1.29 is 15.3 Å². The van der Waals surface area contributed by atoms with Gasteiger partial charge in [0, 0.05) is 38.8 Å². The Kier molecular flexibility index (Phi) is 5.40. The number of hydrogen-bond acceptors (Lipinski definition) is 7. The molecule has 4 heterocycles. The van der Waals surface area contributed by atoms with E-state index in [2.05, 4.69) is 9.80 Å². The van der Waals surface area contributed by atoms with Crippen molar-refractivity contribution in [3.8, 4) is 28.5 Å². The molecule has 2 aromatic heterocycles. The quantitative estimate of drug-likeness (QED) is 0.498. The van der Waals surface area contributed by atoms with Gasteiger partial charge in [0.1, 0.15) is 11.5 Å². The maximum absolute atomic E-state index is 9.96. The summed E-state index contributed by atoms with van der Waals surface area (Å²) in [4.78, 5) is 14.4. The highest BCUT2D eigenvalue weighted by Crippen LogP contribution is 2.41. The fourth-order valence-corrected chi connectivity index (χ4v) is 4.42. The lowest BCUT2D eigenvalue weighted by molar-refractivity contribution is 0.368. The number of phenols is 3. The average molecular weight is 476 g/mol. The van der Waals surface area contributed by atoms with Gasteiger partial charge in [-0.25, -0.2) is 0 Å². The fourth-order valence-electron chi connectivity index (χ4n) is 4.42. The molecule has 0 atom stereocenters. The lowest BCUT2D eigenvalue weighted by Gasteiger charge is -2.21. The average Bonchev–Trinajstić information content (AvgIpc) is 3.47. The number of rotatable bonds is 3. The van der Waals surface area contributed by atoms with Gasteiger partial charge >= 0.3 is 0 Å². The molecule has 0 spiro atoms. The van der Waals surface area contributed by atoms with E-state index in [9.17, 15) is 15.3 Å². The SMILES string of the molecule is Br.Cn1c(-c2cc(O)c(O)c(O)c2)cc2c(N3CCCC3)nc(N3CCCC3)nc21. The van der Waals surface area contributed by atoms with Gasteiger partial charge in [-0.05, 0) is 43.9 Å². The van der Waals surface area contributed by atoms with Crippen LogP contribution in [0.5, 0.6) is 17.2 Å². The molecule has 9 heteroatoms. The minimum absolute atomic E-state index is 0. The van der Waals surface area contributed by atoms with E-state index in [-0.39, 0.29) is 28.5 Å². The molecule has 0 aliphatic carbocycles. The van der Waals surface area contributed by atoms with Crippen molar-refractivity contribution >= 4 is 39.8 Å². The van der Waals surface area contributed by atoms with Crippen LogP contribution in [-0.4, -0.2) is 56.0 Å². The smallest absolute Gasteiger partial charge is 0.229 e. The molecule has 3 N–H and O–H groups in total. The van der Waals surface area contributed by atoms with Gasteiger partial charge in [-0.2, -0.15) is 9.97 Å². The highest BCUT2D eigenvalue weighted by atomic mass is 79.9. The number of anilines is 2. The van der Waals surface area contributed by atoms with Crippen molar-refractivity contribution in [2.24, 2.45) is 7.05 Å². The van der Waals surface area contributed by atoms with Crippen LogP contribution < -0.4 is 9.80 Å². The van der Waals surface area contributed by atoms with E-state index in [4.69, 9.17) is 9.97 Å². The molecule has 5 rings (SSSR count). The first-order chi connectivity index (χ1) is 14.0. The molecule has 3 aromatic rings. The highest BCUT2D eigenvalue weighted by molar-refractivity contribution is 8.93. The van der Waals surface area contributed by atoms with E-state index in [1.807, 2.05) is 17.7 Å². The summed E-state index contributed by atoms with van der Waals surface area (Å²) in [6, 6.07) is 4.91. The van der Waals surface area contributed by atoms with E-state index in [1.54, 1.807) is 0 Å². The third-order valence-electron chi connectivity index (χ3n) is 6.01. The van der Waals surface area contributed by atoms with Crippen molar-refractivity contribution in [1.82, 2.24) is 14.5 Å². The summed E-state index contributed by atoms with van der Waals surface area (Å²) in [7, 11) is 1.92. The predicted octanol–water partition coefficient (Wildman–Crippen LogP) is 3.53. The van der Waals surface area contributed by atoms with Crippen LogP contribution in [0.15, 0.2) is 18.2 Å². The molecule has 30 heavy (non-hydrogen) atoms. The Morgan fingerprint density at radius 2 is 1.37 bits per heavy atom. The van der Waals surface area contributed by atoms with Gasteiger partial charge in [0.2, 0.25) is 5.95 Å². The summed E-state index contributed by atoms with van der Waals surface area (Å²) < 4.78 is 1.96. The minimum atomic E-state index is -0.513. The Hall–Kier alpha value is -2.68. The standard InChI is InChI=1S/C21H25N5O3.BrH/c1-24-15(13-10-16(27)18(29)17(28)11-13)12-14-19(24)22-21(26-8-4-5-9-26)23-20(14)25-6-2-3-7-25;/h10-12,27-29H,2-9H2,1H3;1H. The molecule has 2 aliphatic rings. The molecular formula is C21H26BrN5O3. The monoisotopic (exact) mass is 475 g/mol. The highest BCUT2D eigenvalue weighted by Gasteiger charge is 2.25. The second kappa shape index (κ2) is 7.86. The van der Waals surface area contributed by atoms with Gasteiger partial charge in [-0.15, -0.1) is 17.0 Å². The normalized spacial score (nSPS) is 16.4. The zero-order chi connectivity index (χ0) is 20.1. The first-order valence-corrected chi connectivity index (χ1v) is 10.2. The van der Waals surface area contributed by atoms with Crippen LogP contribution in [0.25, 0.3) is 22.3 Å². The van der Waals surface area contributed by atoms with Crippen molar-refractivity contribution in [2.75, 3.05) is 36.0 Å². The second-order valence-electron chi connectivity index (χ2n) is 7.92. The first kappa shape index (κ1) is 20.6. The lowest BCUT2D eigenvalue weighted by atomic mass is 10.1. The molecule has 2 fully saturated rings. The van der Waals surface area contributed by atoms with Crippen LogP contribution >= 0.6 is 17.0 Å². The van der Waals surface area contributed by atoms with E-state index in [1.165, 1.54) is 12.1 Å². The van der Waals surface area contributed by atoms with Crippen molar-refractivity contribution in [3.05, 3.63) is 18.2 Å². The summed E-state index contributed by atoms with van der Waals surface area (Å²) in [5.74, 6) is 0.494. The van der Waals surface area contributed by atoms with Crippen LogP contribution in [0, 0.1) is 0 Å². The Morgan fingerprint density at radius 1 is 0.800 bits per heavy atom. The lowest BCUT2D eigenvalue weighted by Crippen LogP contribution is -2.24. The number of nitrogens with zero attached hydrogens (tertiary/aromatic N) is 5. The van der Waals surface area contributed by atoms with Crippen LogP contribution in [0.3, 0.4) is 0 Å². The Bertz CT molecular complexity index is 1060. The number of phenolic OH excluding ortho intramolecular Hbond substituents is 3. The maximum Gasteiger partial charge on any atom is 0.229 e. The van der Waals surface area contributed by atoms with Gasteiger partial charge in [0.25, 0.3) is 0 Å². The number of halogens is 1. The van der Waals surface area contributed by atoms with Gasteiger partial charge in [0.15, 0.2) is 17.2 Å². The number of fused-ring (bicyclic) bond motifs is 1. The molecule has 0 unspecified atom stereocenters. The van der Waals surface area contributed by atoms with Crippen molar-refractivity contribution in [3.63, 3.8) is 0 Å². The zero-order valence-electron chi connectivity index (χ0n) is 16.9. The molecule has 0 bridgehead atoms. The van der Waals surface area contributed by atoms with E-state index < -0.39 is 5.75 Å². The molecular weight excluding hydrogens is 450 g/mol. The van der Waals surface area contributed by atoms with Crippen molar-refractivity contribution in [2.45, 2.75) is 25.7 Å². The van der Waals surface area contributed by atoms with Crippen molar-refractivity contribution in [1.29, 1.82) is 0 Å². The van der Waals surface area contributed by atoms with Crippen LogP contribution in [-0.2, 0) is 7.05 Å². The summed E-state index contributed by atoms with van der Waals surface area (Å²) in [5.41, 5.74) is 2.22. The van der Waals surface area contributed by atoms with Gasteiger partial charge in [-0.3, -0.25) is 0 Å². The largest absolute Gasteiger partial charge is 0.504 e. The van der Waals surface area contributed by atoms with E-state index >= 15 is 0 Å². The molecule has 0 amide bonds. The van der Waals surface area contributed by atoms with Gasteiger partial charge < -0.3 is 29.7 Å². The summed E-state index contributed by atoms with van der Waals surface area (Å²) in [5, 5.41) is 30.6. The molecule has 0 saturated carbocycles. The fraction of sp³-hybridized carbons (Fsp3) is 0.429. The Labute approximate surface area is 185 Å². The number of aromatic hydroxyl groups is 3. The maximum atomic E-state index is 9.96. The molecule has 2 saturated heterocycles. The molecule has 1 aromatic carbocycles. The number of aromatic nitrogens is 3. The van der Waals surface area contributed by atoms with Gasteiger partial charge in [-0.1, -0.05) is 0 Å². The number of benzene rings is 1. The number of aryl methyl sites for hydroxylation is 1. The van der Waals surface area contributed by atoms with Gasteiger partial charge in [0.05, 0.1) is 11.1 Å². The Balaban J connectivity index is 0.00000218.